The highest BCUT2D eigenvalue weighted by Gasteiger charge is 2.15. The number of thiophene rings is 1. The topological polar surface area (TPSA) is 62.4 Å². The molecule has 1 heterocycles. The van der Waals surface area contributed by atoms with E-state index in [0.29, 0.717) is 12.1 Å². The lowest BCUT2D eigenvalue weighted by molar-refractivity contribution is 0.439. The van der Waals surface area contributed by atoms with Gasteiger partial charge >= 0.3 is 0 Å². The van der Waals surface area contributed by atoms with Crippen molar-refractivity contribution in [3.63, 3.8) is 0 Å². The summed E-state index contributed by atoms with van der Waals surface area (Å²) in [6, 6.07) is 4.95. The molecule has 1 fully saturated rings. The van der Waals surface area contributed by atoms with Gasteiger partial charge in [-0.1, -0.05) is 32.3 Å². The van der Waals surface area contributed by atoms with Gasteiger partial charge in [0.1, 0.15) is 0 Å². The van der Waals surface area contributed by atoms with Gasteiger partial charge in [-0.15, -0.1) is 11.3 Å². The first-order valence-corrected chi connectivity index (χ1v) is 8.05. The first-order valence-electron chi connectivity index (χ1n) is 7.17. The van der Waals surface area contributed by atoms with E-state index < -0.39 is 0 Å². The number of guanidine groups is 1. The Labute approximate surface area is 119 Å². The molecule has 0 saturated heterocycles. The Bertz CT molecular complexity index is 382. The minimum atomic E-state index is 0.290. The lowest BCUT2D eigenvalue weighted by atomic mass is 9.96. The molecule has 1 atom stereocenters. The molecule has 1 aromatic heterocycles. The molecule has 0 aliphatic heterocycles. The summed E-state index contributed by atoms with van der Waals surface area (Å²) < 4.78 is 0. The van der Waals surface area contributed by atoms with Crippen LogP contribution >= 0.6 is 11.3 Å². The molecular formula is C14H24N4S. The number of nitrogens with two attached hydrogens (primary N) is 1. The van der Waals surface area contributed by atoms with Crippen molar-refractivity contribution in [3.05, 3.63) is 22.4 Å². The van der Waals surface area contributed by atoms with Crippen molar-refractivity contribution in [2.45, 2.75) is 57.5 Å². The van der Waals surface area contributed by atoms with E-state index in [1.807, 2.05) is 0 Å². The lowest BCUT2D eigenvalue weighted by Gasteiger charge is -2.22. The van der Waals surface area contributed by atoms with E-state index in [1.165, 1.54) is 37.0 Å². The summed E-state index contributed by atoms with van der Waals surface area (Å²) in [5.74, 6) is 6.34. The summed E-state index contributed by atoms with van der Waals surface area (Å²) in [7, 11) is 0. The van der Waals surface area contributed by atoms with Gasteiger partial charge in [-0.25, -0.2) is 10.8 Å². The van der Waals surface area contributed by atoms with E-state index in [9.17, 15) is 0 Å². The van der Waals surface area contributed by atoms with E-state index in [-0.39, 0.29) is 0 Å². The second-order valence-electron chi connectivity index (χ2n) is 5.03. The van der Waals surface area contributed by atoms with Crippen LogP contribution in [0.4, 0.5) is 0 Å². The molecule has 0 bridgehead atoms. The Balaban J connectivity index is 1.98. The molecule has 19 heavy (non-hydrogen) atoms. The van der Waals surface area contributed by atoms with Crippen LogP contribution in [0.15, 0.2) is 22.5 Å². The van der Waals surface area contributed by atoms with Gasteiger partial charge in [0.25, 0.3) is 0 Å². The maximum absolute atomic E-state index is 5.61. The van der Waals surface area contributed by atoms with Gasteiger partial charge in [-0.3, -0.25) is 5.43 Å². The first kappa shape index (κ1) is 14.3. The SMILES string of the molecule is CCC(NC(=NC1CCCCC1)NN)c1cccs1. The predicted molar refractivity (Wildman–Crippen MR) is 82.1 cm³/mol. The van der Waals surface area contributed by atoms with Crippen LogP contribution < -0.4 is 16.6 Å². The highest BCUT2D eigenvalue weighted by molar-refractivity contribution is 7.10. The zero-order chi connectivity index (χ0) is 13.5. The molecule has 106 valence electrons. The predicted octanol–water partition coefficient (Wildman–Crippen LogP) is 2.94. The van der Waals surface area contributed by atoms with E-state index in [4.69, 9.17) is 10.8 Å². The van der Waals surface area contributed by atoms with E-state index in [0.717, 1.165) is 12.4 Å². The van der Waals surface area contributed by atoms with Crippen LogP contribution in [0.3, 0.4) is 0 Å². The average molecular weight is 280 g/mol. The lowest BCUT2D eigenvalue weighted by Crippen LogP contribution is -2.44. The summed E-state index contributed by atoms with van der Waals surface area (Å²) in [5.41, 5.74) is 2.72. The van der Waals surface area contributed by atoms with Crippen LogP contribution in [0, 0.1) is 0 Å². The Morgan fingerprint density at radius 2 is 2.26 bits per heavy atom. The van der Waals surface area contributed by atoms with Gasteiger partial charge in [0.15, 0.2) is 0 Å². The smallest absolute Gasteiger partial charge is 0.206 e. The molecule has 1 aliphatic rings. The normalized spacial score (nSPS) is 19.2. The van der Waals surface area contributed by atoms with Gasteiger partial charge in [0, 0.05) is 4.88 Å². The van der Waals surface area contributed by atoms with Gasteiger partial charge in [0.2, 0.25) is 5.96 Å². The van der Waals surface area contributed by atoms with Crippen LogP contribution in [0.2, 0.25) is 0 Å². The van der Waals surface area contributed by atoms with Crippen molar-refractivity contribution in [1.82, 2.24) is 10.7 Å². The second-order valence-corrected chi connectivity index (χ2v) is 6.01. The maximum atomic E-state index is 5.61. The van der Waals surface area contributed by atoms with Crippen LogP contribution in [-0.2, 0) is 0 Å². The largest absolute Gasteiger partial charge is 0.348 e. The monoisotopic (exact) mass is 280 g/mol. The number of hydrogen-bond donors (Lipinski definition) is 3. The maximum Gasteiger partial charge on any atom is 0.206 e. The Hall–Kier alpha value is -1.07. The highest BCUT2D eigenvalue weighted by Crippen LogP contribution is 2.23. The number of aliphatic imine (C=N–C) groups is 1. The number of nitrogens with one attached hydrogen (secondary N) is 2. The summed E-state index contributed by atoms with van der Waals surface area (Å²) in [4.78, 5) is 6.05. The molecule has 0 aromatic carbocycles. The molecule has 5 heteroatoms. The van der Waals surface area contributed by atoms with E-state index in [2.05, 4.69) is 35.2 Å². The Kier molecular flexibility index (Phi) is 5.66. The van der Waals surface area contributed by atoms with Gasteiger partial charge in [0.05, 0.1) is 12.1 Å². The molecule has 4 N–H and O–H groups in total. The fourth-order valence-electron chi connectivity index (χ4n) is 2.54. The van der Waals surface area contributed by atoms with E-state index in [1.54, 1.807) is 11.3 Å². The summed E-state index contributed by atoms with van der Waals surface area (Å²) in [6.07, 6.45) is 7.30. The third kappa shape index (κ3) is 4.21. The molecule has 1 aromatic rings. The fraction of sp³-hybridized carbons (Fsp3) is 0.643. The average Bonchev–Trinajstić information content (AvgIpc) is 2.98. The van der Waals surface area contributed by atoms with Crippen LogP contribution in [0.1, 0.15) is 56.4 Å². The Morgan fingerprint density at radius 3 is 2.84 bits per heavy atom. The number of nitrogens with zero attached hydrogens (tertiary/aromatic N) is 1. The molecule has 1 unspecified atom stereocenters. The van der Waals surface area contributed by atoms with Gasteiger partial charge in [-0.2, -0.15) is 0 Å². The van der Waals surface area contributed by atoms with Crippen LogP contribution in [0.25, 0.3) is 0 Å². The summed E-state index contributed by atoms with van der Waals surface area (Å²) in [6.45, 7) is 2.17. The third-order valence-electron chi connectivity index (χ3n) is 3.63. The van der Waals surface area contributed by atoms with Gasteiger partial charge in [-0.05, 0) is 30.7 Å². The van der Waals surface area contributed by atoms with Crippen molar-refractivity contribution < 1.29 is 0 Å². The minimum absolute atomic E-state index is 0.290. The Morgan fingerprint density at radius 1 is 1.47 bits per heavy atom. The third-order valence-corrected chi connectivity index (χ3v) is 4.61. The van der Waals surface area contributed by atoms with Crippen LogP contribution in [-0.4, -0.2) is 12.0 Å². The number of hydrazine groups is 1. The molecule has 1 aliphatic carbocycles. The summed E-state index contributed by atoms with van der Waals surface area (Å²) in [5, 5.41) is 5.53. The molecule has 1 saturated carbocycles. The second kappa shape index (κ2) is 7.50. The van der Waals surface area contributed by atoms with Crippen LogP contribution in [0.5, 0.6) is 0 Å². The summed E-state index contributed by atoms with van der Waals surface area (Å²) >= 11 is 1.77. The molecule has 0 spiro atoms. The van der Waals surface area contributed by atoms with Crippen molar-refractivity contribution >= 4 is 17.3 Å². The minimum Gasteiger partial charge on any atom is -0.348 e. The first-order chi connectivity index (χ1) is 9.33. The molecular weight excluding hydrogens is 256 g/mol. The van der Waals surface area contributed by atoms with Crippen molar-refractivity contribution in [1.29, 1.82) is 0 Å². The molecule has 4 nitrogen and oxygen atoms in total. The molecule has 0 radical (unpaired) electrons. The fourth-order valence-corrected chi connectivity index (χ4v) is 3.40. The van der Waals surface area contributed by atoms with Gasteiger partial charge < -0.3 is 5.32 Å². The van der Waals surface area contributed by atoms with Crippen molar-refractivity contribution in [2.75, 3.05) is 0 Å². The molecule has 2 rings (SSSR count). The van der Waals surface area contributed by atoms with E-state index >= 15 is 0 Å². The highest BCUT2D eigenvalue weighted by atomic mass is 32.1. The molecule has 0 amide bonds. The zero-order valence-electron chi connectivity index (χ0n) is 11.6. The number of rotatable bonds is 4. The van der Waals surface area contributed by atoms with Crippen molar-refractivity contribution in [2.24, 2.45) is 10.8 Å². The van der Waals surface area contributed by atoms with Crippen molar-refractivity contribution in [3.8, 4) is 0 Å². The standard InChI is InChI=1S/C14H24N4S/c1-2-12(13-9-6-10-19-13)17-14(18-15)16-11-7-4-3-5-8-11/h6,9-12H,2-5,7-8,15H2,1H3,(H2,16,17,18). The number of hydrogen-bond acceptors (Lipinski definition) is 3. The zero-order valence-corrected chi connectivity index (χ0v) is 12.4. The quantitative estimate of drug-likeness (QED) is 0.344.